The predicted molar refractivity (Wildman–Crippen MR) is 75.2 cm³/mol. The fourth-order valence-corrected chi connectivity index (χ4v) is 1.62. The maximum Gasteiger partial charge on any atom is 0.492 e. The molecule has 1 aromatic rings. The SMILES string of the molecule is C=Cc1ccc(COCC(F)(F)OC(F)(F)C(F)(F)OC(F)(F)OCF)cc1. The summed E-state index contributed by atoms with van der Waals surface area (Å²) in [5.41, 5.74) is 1.01. The Morgan fingerprint density at radius 1 is 0.857 bits per heavy atom. The van der Waals surface area contributed by atoms with Gasteiger partial charge in [0.1, 0.15) is 6.61 Å². The molecule has 4 nitrogen and oxygen atoms in total. The number of benzene rings is 1. The molecule has 0 atom stereocenters. The van der Waals surface area contributed by atoms with Gasteiger partial charge in [0.15, 0.2) is 6.86 Å². The highest BCUT2D eigenvalue weighted by Crippen LogP contribution is 2.43. The van der Waals surface area contributed by atoms with Crippen molar-refractivity contribution in [2.24, 2.45) is 0 Å². The van der Waals surface area contributed by atoms with E-state index in [-0.39, 0.29) is 0 Å². The van der Waals surface area contributed by atoms with E-state index in [0.29, 0.717) is 11.1 Å². The molecule has 1 aromatic carbocycles. The van der Waals surface area contributed by atoms with Gasteiger partial charge in [-0.2, -0.15) is 26.3 Å². The van der Waals surface area contributed by atoms with Crippen LogP contribution >= 0.6 is 0 Å². The first-order valence-corrected chi connectivity index (χ1v) is 7.14. The van der Waals surface area contributed by atoms with Gasteiger partial charge >= 0.3 is 24.6 Å². The van der Waals surface area contributed by atoms with Gasteiger partial charge in [0.2, 0.25) is 0 Å². The standard InChI is InChI=1S/C15H13F9O4/c1-2-10-3-5-11(6-4-10)7-25-8-12(17,18)27-13(19,20)14(21,22)28-15(23,24)26-9-16/h2-6H,1,7-9H2. The topological polar surface area (TPSA) is 36.9 Å². The van der Waals surface area contributed by atoms with Crippen LogP contribution in [0.2, 0.25) is 0 Å². The summed E-state index contributed by atoms with van der Waals surface area (Å²) in [6, 6.07) is 5.93. The number of ether oxygens (including phenoxy) is 4. The first-order valence-electron chi connectivity index (χ1n) is 7.14. The molecular formula is C15H13F9O4. The van der Waals surface area contributed by atoms with Crippen LogP contribution in [-0.2, 0) is 25.6 Å². The molecule has 0 saturated heterocycles. The average Bonchev–Trinajstić information content (AvgIpc) is 2.53. The second-order valence-corrected chi connectivity index (χ2v) is 5.03. The summed E-state index contributed by atoms with van der Waals surface area (Å²) in [4.78, 5) is 0. The number of alkyl halides is 9. The molecule has 0 N–H and O–H groups in total. The van der Waals surface area contributed by atoms with Gasteiger partial charge in [-0.15, -0.1) is 8.78 Å². The molecule has 0 saturated carbocycles. The van der Waals surface area contributed by atoms with E-state index in [4.69, 9.17) is 0 Å². The van der Waals surface area contributed by atoms with Gasteiger partial charge in [-0.1, -0.05) is 36.9 Å². The smallest absolute Gasteiger partial charge is 0.368 e. The Hall–Kier alpha value is -1.83. The molecule has 1 rings (SSSR count). The molecule has 0 bridgehead atoms. The molecule has 0 heterocycles. The van der Waals surface area contributed by atoms with Crippen molar-refractivity contribution in [2.45, 2.75) is 31.2 Å². The van der Waals surface area contributed by atoms with E-state index in [0.717, 1.165) is 0 Å². The molecule has 0 fully saturated rings. The molecular weight excluding hydrogens is 415 g/mol. The minimum Gasteiger partial charge on any atom is -0.368 e. The highest BCUT2D eigenvalue weighted by molar-refractivity contribution is 5.47. The second-order valence-electron chi connectivity index (χ2n) is 5.03. The fourth-order valence-electron chi connectivity index (χ4n) is 1.62. The summed E-state index contributed by atoms with van der Waals surface area (Å²) < 4.78 is 128. The fraction of sp³-hybridized carbons (Fsp3) is 0.467. The molecule has 0 amide bonds. The molecule has 0 radical (unpaired) electrons. The molecule has 0 unspecified atom stereocenters. The van der Waals surface area contributed by atoms with Crippen molar-refractivity contribution in [1.82, 2.24) is 0 Å². The molecule has 13 heteroatoms. The number of hydrogen-bond acceptors (Lipinski definition) is 4. The Labute approximate surface area is 152 Å². The monoisotopic (exact) mass is 428 g/mol. The number of halogens is 9. The van der Waals surface area contributed by atoms with Crippen LogP contribution in [0.3, 0.4) is 0 Å². The van der Waals surface area contributed by atoms with Crippen molar-refractivity contribution < 1.29 is 58.5 Å². The van der Waals surface area contributed by atoms with Crippen molar-refractivity contribution in [1.29, 1.82) is 0 Å². The lowest BCUT2D eigenvalue weighted by Crippen LogP contribution is -2.52. The molecule has 0 spiro atoms. The van der Waals surface area contributed by atoms with Gasteiger partial charge < -0.3 is 4.74 Å². The van der Waals surface area contributed by atoms with E-state index in [1.807, 2.05) is 0 Å². The van der Waals surface area contributed by atoms with Gasteiger partial charge in [-0.3, -0.25) is 4.74 Å². The van der Waals surface area contributed by atoms with Crippen LogP contribution in [0.15, 0.2) is 30.8 Å². The van der Waals surface area contributed by atoms with E-state index in [2.05, 4.69) is 25.5 Å². The van der Waals surface area contributed by atoms with Gasteiger partial charge in [0.05, 0.1) is 6.61 Å². The molecule has 0 aliphatic carbocycles. The summed E-state index contributed by atoms with van der Waals surface area (Å²) in [5.74, 6) is 0. The van der Waals surface area contributed by atoms with E-state index in [9.17, 15) is 39.5 Å². The minimum atomic E-state index is -6.30. The van der Waals surface area contributed by atoms with Crippen LogP contribution in [-0.4, -0.2) is 38.1 Å². The number of hydrogen-bond donors (Lipinski definition) is 0. The van der Waals surface area contributed by atoms with Crippen molar-refractivity contribution in [3.05, 3.63) is 42.0 Å². The average molecular weight is 428 g/mol. The van der Waals surface area contributed by atoms with Gasteiger partial charge in [0, 0.05) is 0 Å². The zero-order chi connectivity index (χ0) is 21.6. The Morgan fingerprint density at radius 3 is 1.89 bits per heavy atom. The Kier molecular flexibility index (Phi) is 7.88. The summed E-state index contributed by atoms with van der Waals surface area (Å²) >= 11 is 0. The van der Waals surface area contributed by atoms with E-state index in [1.54, 1.807) is 0 Å². The van der Waals surface area contributed by atoms with Crippen molar-refractivity contribution in [3.8, 4) is 0 Å². The van der Waals surface area contributed by atoms with Crippen LogP contribution in [0.4, 0.5) is 39.5 Å². The molecule has 0 aliphatic heterocycles. The maximum absolute atomic E-state index is 13.3. The first kappa shape index (κ1) is 24.2. The third kappa shape index (κ3) is 7.30. The maximum atomic E-state index is 13.3. The Balaban J connectivity index is 2.67. The molecule has 0 aromatic heterocycles. The highest BCUT2D eigenvalue weighted by Gasteiger charge is 2.68. The summed E-state index contributed by atoms with van der Waals surface area (Å²) in [5, 5.41) is 0. The van der Waals surface area contributed by atoms with Crippen LogP contribution in [0, 0.1) is 0 Å². The van der Waals surface area contributed by atoms with E-state index >= 15 is 0 Å². The summed E-state index contributed by atoms with van der Waals surface area (Å²) in [6.45, 7) is -1.35. The first-order chi connectivity index (χ1) is 12.7. The van der Waals surface area contributed by atoms with Gasteiger partial charge in [-0.05, 0) is 11.1 Å². The third-order valence-electron chi connectivity index (χ3n) is 2.84. The lowest BCUT2D eigenvalue weighted by atomic mass is 10.1. The minimum absolute atomic E-state index is 0.324. The van der Waals surface area contributed by atoms with Gasteiger partial charge in [0.25, 0.3) is 0 Å². The van der Waals surface area contributed by atoms with Crippen molar-refractivity contribution in [2.75, 3.05) is 13.5 Å². The molecule has 0 aliphatic rings. The Bertz CT molecular complexity index is 635. The third-order valence-corrected chi connectivity index (χ3v) is 2.84. The van der Waals surface area contributed by atoms with E-state index < -0.39 is 44.7 Å². The highest BCUT2D eigenvalue weighted by atomic mass is 19.3. The lowest BCUT2D eigenvalue weighted by Gasteiger charge is -2.30. The summed E-state index contributed by atoms with van der Waals surface area (Å²) in [6.07, 6.45) is -21.6. The largest absolute Gasteiger partial charge is 0.492 e. The summed E-state index contributed by atoms with van der Waals surface area (Å²) in [7, 11) is 0. The Morgan fingerprint density at radius 2 is 1.39 bits per heavy atom. The predicted octanol–water partition coefficient (Wildman–Crippen LogP) is 5.15. The molecule has 160 valence electrons. The lowest BCUT2D eigenvalue weighted by molar-refractivity contribution is -0.548. The van der Waals surface area contributed by atoms with Crippen molar-refractivity contribution in [3.63, 3.8) is 0 Å². The zero-order valence-corrected chi connectivity index (χ0v) is 13.7. The van der Waals surface area contributed by atoms with Crippen LogP contribution < -0.4 is 0 Å². The van der Waals surface area contributed by atoms with Crippen LogP contribution in [0.25, 0.3) is 6.08 Å². The normalized spacial score (nSPS) is 13.6. The van der Waals surface area contributed by atoms with Crippen LogP contribution in [0.5, 0.6) is 0 Å². The quantitative estimate of drug-likeness (QED) is 0.341. The molecule has 28 heavy (non-hydrogen) atoms. The number of rotatable bonds is 12. The zero-order valence-electron chi connectivity index (χ0n) is 13.7. The van der Waals surface area contributed by atoms with Gasteiger partial charge in [-0.25, -0.2) is 13.9 Å². The second kappa shape index (κ2) is 9.11. The van der Waals surface area contributed by atoms with Crippen LogP contribution in [0.1, 0.15) is 11.1 Å². The van der Waals surface area contributed by atoms with Crippen molar-refractivity contribution >= 4 is 6.08 Å². The van der Waals surface area contributed by atoms with E-state index in [1.165, 1.54) is 30.3 Å².